The third kappa shape index (κ3) is 3.88. The van der Waals surface area contributed by atoms with Gasteiger partial charge in [0.2, 0.25) is 5.13 Å². The molecule has 0 amide bonds. The smallest absolute Gasteiger partial charge is 0.202 e. The Morgan fingerprint density at radius 2 is 2.23 bits per heavy atom. The molecule has 2 heterocycles. The lowest BCUT2D eigenvalue weighted by Gasteiger charge is -2.18. The number of nitrogens with one attached hydrogen (secondary N) is 1. The number of aromatic nitrogens is 2. The van der Waals surface area contributed by atoms with E-state index in [0.717, 1.165) is 41.9 Å². The molecule has 0 unspecified atom stereocenters. The number of hydrogen-bond donors (Lipinski definition) is 1. The van der Waals surface area contributed by atoms with Crippen molar-refractivity contribution in [1.29, 1.82) is 0 Å². The summed E-state index contributed by atoms with van der Waals surface area (Å²) in [5.41, 5.74) is 1.21. The van der Waals surface area contributed by atoms with Crippen LogP contribution in [-0.4, -0.2) is 42.2 Å². The van der Waals surface area contributed by atoms with Gasteiger partial charge in [-0.25, -0.2) is 4.98 Å². The Bertz CT molecular complexity index is 604. The molecular weight excluding hydrogens is 320 g/mol. The van der Waals surface area contributed by atoms with Gasteiger partial charge in [-0.1, -0.05) is 11.6 Å². The van der Waals surface area contributed by atoms with E-state index in [1.165, 1.54) is 17.2 Å². The summed E-state index contributed by atoms with van der Waals surface area (Å²) in [7, 11) is 1.69. The number of halogens is 1. The molecule has 0 spiro atoms. The van der Waals surface area contributed by atoms with E-state index in [1.54, 1.807) is 7.11 Å². The van der Waals surface area contributed by atoms with Gasteiger partial charge >= 0.3 is 0 Å². The number of benzene rings is 1. The lowest BCUT2D eigenvalue weighted by molar-refractivity contribution is 0.201. The van der Waals surface area contributed by atoms with Crippen molar-refractivity contribution in [3.05, 3.63) is 35.1 Å². The highest BCUT2D eigenvalue weighted by Crippen LogP contribution is 2.24. The van der Waals surface area contributed by atoms with E-state index >= 15 is 0 Å². The molecule has 7 heteroatoms. The minimum absolute atomic E-state index is 0.402. The first-order valence-electron chi connectivity index (χ1n) is 7.33. The summed E-state index contributed by atoms with van der Waals surface area (Å²) in [6.45, 7) is 2.66. The molecule has 1 aromatic carbocycles. The van der Waals surface area contributed by atoms with Crippen LogP contribution in [0, 0.1) is 0 Å². The quantitative estimate of drug-likeness (QED) is 0.877. The second-order valence-electron chi connectivity index (χ2n) is 5.31. The van der Waals surface area contributed by atoms with E-state index in [9.17, 15) is 0 Å². The molecule has 1 aliphatic heterocycles. The molecule has 1 saturated heterocycles. The highest BCUT2D eigenvalue weighted by atomic mass is 35.5. The summed E-state index contributed by atoms with van der Waals surface area (Å²) in [5, 5.41) is 5.16. The largest absolute Gasteiger partial charge is 0.384 e. The first kappa shape index (κ1) is 15.5. The first-order valence-corrected chi connectivity index (χ1v) is 8.48. The lowest BCUT2D eigenvalue weighted by atomic mass is 10.3. The van der Waals surface area contributed by atoms with E-state index < -0.39 is 0 Å². The molecule has 0 radical (unpaired) electrons. The van der Waals surface area contributed by atoms with E-state index in [-0.39, 0.29) is 0 Å². The number of hydrogen-bond acceptors (Lipinski definition) is 6. The number of nitrogens with zero attached hydrogens (tertiary/aromatic N) is 3. The highest BCUT2D eigenvalue weighted by molar-refractivity contribution is 7.09. The normalized spacial score (nSPS) is 17.9. The average Bonchev–Trinajstić information content (AvgIpc) is 3.16. The maximum atomic E-state index is 5.94. The predicted octanol–water partition coefficient (Wildman–Crippen LogP) is 3.07. The van der Waals surface area contributed by atoms with Crippen LogP contribution < -0.4 is 10.2 Å². The molecule has 118 valence electrons. The van der Waals surface area contributed by atoms with Gasteiger partial charge in [0.1, 0.15) is 5.82 Å². The summed E-state index contributed by atoms with van der Waals surface area (Å²) < 4.78 is 9.39. The number of anilines is 2. The van der Waals surface area contributed by atoms with Crippen LogP contribution >= 0.6 is 23.1 Å². The number of methoxy groups -OCH3 is 1. The van der Waals surface area contributed by atoms with Gasteiger partial charge in [-0.3, -0.25) is 0 Å². The average molecular weight is 339 g/mol. The van der Waals surface area contributed by atoms with E-state index in [2.05, 4.69) is 31.7 Å². The molecule has 1 atom stereocenters. The molecule has 1 fully saturated rings. The first-order chi connectivity index (χ1) is 10.7. The van der Waals surface area contributed by atoms with Crippen molar-refractivity contribution < 1.29 is 4.74 Å². The van der Waals surface area contributed by atoms with Crippen LogP contribution in [0.5, 0.6) is 0 Å². The van der Waals surface area contributed by atoms with E-state index in [1.807, 2.05) is 12.1 Å². The summed E-state index contributed by atoms with van der Waals surface area (Å²) >= 11 is 7.36. The van der Waals surface area contributed by atoms with Crippen LogP contribution in [0.25, 0.3) is 0 Å². The van der Waals surface area contributed by atoms with Crippen LogP contribution in [0.3, 0.4) is 0 Å². The van der Waals surface area contributed by atoms with Gasteiger partial charge in [0.05, 0.1) is 6.61 Å². The van der Waals surface area contributed by atoms with Crippen molar-refractivity contribution in [2.45, 2.75) is 18.9 Å². The fourth-order valence-corrected chi connectivity index (χ4v) is 3.36. The Balaban J connectivity index is 1.54. The summed E-state index contributed by atoms with van der Waals surface area (Å²) in [5.74, 6) is 0.849. The van der Waals surface area contributed by atoms with E-state index in [4.69, 9.17) is 16.3 Å². The standard InChI is InChI=1S/C15H19ClN4OS/c1-21-9-7-14-18-15(22-19-14)17-12-6-8-20(10-12)13-4-2-11(16)3-5-13/h2-5,12H,6-10H2,1H3,(H,17,18,19)/t12-/m1/s1. The predicted molar refractivity (Wildman–Crippen MR) is 91.2 cm³/mol. The van der Waals surface area contributed by atoms with Crippen molar-refractivity contribution >= 4 is 34.0 Å². The molecular formula is C15H19ClN4OS. The zero-order chi connectivity index (χ0) is 15.4. The number of rotatable bonds is 6. The van der Waals surface area contributed by atoms with Crippen LogP contribution in [0.1, 0.15) is 12.2 Å². The molecule has 3 rings (SSSR count). The fraction of sp³-hybridized carbons (Fsp3) is 0.467. The Morgan fingerprint density at radius 3 is 3.00 bits per heavy atom. The summed E-state index contributed by atoms with van der Waals surface area (Å²) in [6.07, 6.45) is 1.85. The molecule has 0 aliphatic carbocycles. The van der Waals surface area contributed by atoms with Crippen LogP contribution in [-0.2, 0) is 11.2 Å². The summed E-state index contributed by atoms with van der Waals surface area (Å²) in [4.78, 5) is 6.86. The summed E-state index contributed by atoms with van der Waals surface area (Å²) in [6, 6.07) is 8.41. The van der Waals surface area contributed by atoms with Gasteiger partial charge in [-0.2, -0.15) is 4.37 Å². The monoisotopic (exact) mass is 338 g/mol. The van der Waals surface area contributed by atoms with Crippen LogP contribution in [0.4, 0.5) is 10.8 Å². The van der Waals surface area contributed by atoms with Gasteiger partial charge in [0.15, 0.2) is 0 Å². The second kappa shape index (κ2) is 7.26. The Kier molecular flexibility index (Phi) is 5.12. The molecule has 1 aromatic heterocycles. The minimum Gasteiger partial charge on any atom is -0.384 e. The van der Waals surface area contributed by atoms with Crippen molar-refractivity contribution in [2.24, 2.45) is 0 Å². The van der Waals surface area contributed by atoms with Crippen molar-refractivity contribution in [3.63, 3.8) is 0 Å². The highest BCUT2D eigenvalue weighted by Gasteiger charge is 2.23. The Labute approximate surface area is 139 Å². The second-order valence-corrected chi connectivity index (χ2v) is 6.50. The van der Waals surface area contributed by atoms with Crippen LogP contribution in [0.15, 0.2) is 24.3 Å². The lowest BCUT2D eigenvalue weighted by Crippen LogP contribution is -2.25. The van der Waals surface area contributed by atoms with Gasteiger partial charge in [-0.05, 0) is 30.7 Å². The third-order valence-corrected chi connectivity index (χ3v) is 4.64. The molecule has 1 aliphatic rings. The maximum absolute atomic E-state index is 5.94. The van der Waals surface area contributed by atoms with Crippen molar-refractivity contribution in [1.82, 2.24) is 9.36 Å². The van der Waals surface area contributed by atoms with Gasteiger partial charge in [-0.15, -0.1) is 0 Å². The zero-order valence-electron chi connectivity index (χ0n) is 12.5. The fourth-order valence-electron chi connectivity index (χ4n) is 2.55. The molecule has 1 N–H and O–H groups in total. The zero-order valence-corrected chi connectivity index (χ0v) is 14.0. The minimum atomic E-state index is 0.402. The van der Waals surface area contributed by atoms with Crippen molar-refractivity contribution in [2.75, 3.05) is 37.0 Å². The maximum Gasteiger partial charge on any atom is 0.202 e. The van der Waals surface area contributed by atoms with Crippen LogP contribution in [0.2, 0.25) is 5.02 Å². The Hall–Kier alpha value is -1.37. The van der Waals surface area contributed by atoms with E-state index in [0.29, 0.717) is 12.6 Å². The van der Waals surface area contributed by atoms with Gasteiger partial charge in [0, 0.05) is 54.9 Å². The number of ether oxygens (including phenoxy) is 1. The molecule has 22 heavy (non-hydrogen) atoms. The molecule has 2 aromatic rings. The van der Waals surface area contributed by atoms with Crippen molar-refractivity contribution in [3.8, 4) is 0 Å². The SMILES string of the molecule is COCCc1nsc(N[C@@H]2CCN(c3ccc(Cl)cc3)C2)n1. The van der Waals surface area contributed by atoms with Gasteiger partial charge < -0.3 is 15.0 Å². The molecule has 0 saturated carbocycles. The third-order valence-electron chi connectivity index (χ3n) is 3.71. The molecule has 5 nitrogen and oxygen atoms in total. The van der Waals surface area contributed by atoms with Gasteiger partial charge in [0.25, 0.3) is 0 Å². The Morgan fingerprint density at radius 1 is 1.41 bits per heavy atom. The molecule has 0 bridgehead atoms. The topological polar surface area (TPSA) is 50.3 Å².